The van der Waals surface area contributed by atoms with Crippen molar-refractivity contribution in [2.24, 2.45) is 16.7 Å². The van der Waals surface area contributed by atoms with Crippen molar-refractivity contribution in [3.05, 3.63) is 70.8 Å². The first kappa shape index (κ1) is 34.9. The van der Waals surface area contributed by atoms with Gasteiger partial charge in [-0.3, -0.25) is 14.5 Å². The number of aliphatic hydroxyl groups excluding tert-OH is 1. The Labute approximate surface area is 280 Å². The van der Waals surface area contributed by atoms with E-state index in [4.69, 9.17) is 9.47 Å². The van der Waals surface area contributed by atoms with E-state index in [1.807, 2.05) is 48.5 Å². The van der Waals surface area contributed by atoms with Crippen molar-refractivity contribution in [3.8, 4) is 0 Å². The third-order valence-corrected chi connectivity index (χ3v) is 10.8. The largest absolute Gasteiger partial charge is 0.471 e. The third-order valence-electron chi connectivity index (χ3n) is 10.8. The van der Waals surface area contributed by atoms with Gasteiger partial charge in [0.05, 0.1) is 18.8 Å². The lowest BCUT2D eigenvalue weighted by Crippen LogP contribution is -2.50. The second-order valence-electron chi connectivity index (χ2n) is 15.6. The molecule has 3 heterocycles. The predicted molar refractivity (Wildman–Crippen MR) is 173 cm³/mol. The van der Waals surface area contributed by atoms with Crippen molar-refractivity contribution in [1.82, 2.24) is 15.1 Å². The minimum Gasteiger partial charge on any atom is -0.392 e. The number of rotatable bonds is 8. The van der Waals surface area contributed by atoms with Crippen LogP contribution in [-0.4, -0.2) is 70.7 Å². The van der Waals surface area contributed by atoms with Crippen LogP contribution in [0.5, 0.6) is 0 Å². The summed E-state index contributed by atoms with van der Waals surface area (Å²) in [4.78, 5) is 27.8. The molecular weight excluding hydrogens is 623 g/mol. The van der Waals surface area contributed by atoms with E-state index in [2.05, 4.69) is 37.9 Å². The van der Waals surface area contributed by atoms with Gasteiger partial charge in [-0.05, 0) is 59.6 Å². The van der Waals surface area contributed by atoms with Crippen molar-refractivity contribution in [2.45, 2.75) is 110 Å². The van der Waals surface area contributed by atoms with Crippen LogP contribution in [0.25, 0.3) is 0 Å². The summed E-state index contributed by atoms with van der Waals surface area (Å²) in [5, 5.41) is 12.3. The van der Waals surface area contributed by atoms with Crippen LogP contribution in [0.3, 0.4) is 0 Å². The van der Waals surface area contributed by atoms with Crippen LogP contribution >= 0.6 is 0 Å². The van der Waals surface area contributed by atoms with Gasteiger partial charge < -0.3 is 24.8 Å². The zero-order valence-corrected chi connectivity index (χ0v) is 28.3. The average molecular weight is 672 g/mol. The Balaban J connectivity index is 1.15. The van der Waals surface area contributed by atoms with Crippen molar-refractivity contribution < 1.29 is 37.3 Å². The van der Waals surface area contributed by atoms with Crippen LogP contribution in [0, 0.1) is 16.7 Å². The first-order valence-corrected chi connectivity index (χ1v) is 17.1. The number of likely N-dealkylation sites (tertiary alicyclic amines) is 2. The highest BCUT2D eigenvalue weighted by Gasteiger charge is 2.51. The van der Waals surface area contributed by atoms with Crippen molar-refractivity contribution in [1.29, 1.82) is 0 Å². The Morgan fingerprint density at radius 3 is 2.31 bits per heavy atom. The van der Waals surface area contributed by atoms with Crippen LogP contribution in [0.1, 0.15) is 94.4 Å². The molecule has 0 aromatic heterocycles. The van der Waals surface area contributed by atoms with Gasteiger partial charge in [-0.1, -0.05) is 76.2 Å². The first-order valence-electron chi connectivity index (χ1n) is 17.1. The Kier molecular flexibility index (Phi) is 9.72. The lowest BCUT2D eigenvalue weighted by molar-refractivity contribution is -0.276. The van der Waals surface area contributed by atoms with Gasteiger partial charge in [0.1, 0.15) is 6.04 Å². The van der Waals surface area contributed by atoms with Crippen LogP contribution in [0.15, 0.2) is 48.5 Å². The molecule has 0 spiro atoms. The molecule has 1 saturated carbocycles. The number of benzene rings is 2. The van der Waals surface area contributed by atoms with E-state index in [9.17, 15) is 27.9 Å². The SMILES string of the molecule is C[C@@H]1[C@H](CN2CC3(C)CC2CC(C)(C)C3)O[C@H](c2ccc(CNC(=O)[C@@H]3CCCN3C(=O)C(F)(F)F)cc2)O[C@@H]1c1ccc(CO)cc1. The number of alkyl halides is 3. The normalized spacial score (nSPS) is 32.0. The second-order valence-corrected chi connectivity index (χ2v) is 15.6. The van der Waals surface area contributed by atoms with Gasteiger partial charge in [-0.2, -0.15) is 13.2 Å². The van der Waals surface area contributed by atoms with E-state index in [0.29, 0.717) is 28.2 Å². The van der Waals surface area contributed by atoms with E-state index >= 15 is 0 Å². The topological polar surface area (TPSA) is 91.3 Å². The molecule has 3 saturated heterocycles. The number of nitrogens with one attached hydrogen (secondary N) is 1. The molecule has 8 nitrogen and oxygen atoms in total. The average Bonchev–Trinajstić information content (AvgIpc) is 3.61. The molecule has 1 aliphatic carbocycles. The number of hydrogen-bond donors (Lipinski definition) is 2. The van der Waals surface area contributed by atoms with Crippen molar-refractivity contribution in [3.63, 3.8) is 0 Å². The molecule has 0 radical (unpaired) electrons. The molecule has 2 N–H and O–H groups in total. The van der Waals surface area contributed by atoms with Gasteiger partial charge in [0, 0.05) is 43.7 Å². The Morgan fingerprint density at radius 2 is 1.65 bits per heavy atom. The molecule has 262 valence electrons. The summed E-state index contributed by atoms with van der Waals surface area (Å²) in [5.41, 5.74) is 4.06. The maximum atomic E-state index is 13.0. The molecule has 48 heavy (non-hydrogen) atoms. The van der Waals surface area contributed by atoms with Crippen molar-refractivity contribution >= 4 is 11.8 Å². The molecule has 2 bridgehead atoms. The molecular formula is C37H48F3N3O5. The Hall–Kier alpha value is -2.99. The van der Waals surface area contributed by atoms with Gasteiger partial charge in [0.2, 0.25) is 5.91 Å². The molecule has 7 atom stereocenters. The summed E-state index contributed by atoms with van der Waals surface area (Å²) < 4.78 is 52.4. The smallest absolute Gasteiger partial charge is 0.392 e. The fourth-order valence-electron chi connectivity index (χ4n) is 8.89. The van der Waals surface area contributed by atoms with Gasteiger partial charge in [-0.15, -0.1) is 0 Å². The summed E-state index contributed by atoms with van der Waals surface area (Å²) in [6.45, 7) is 11.2. The zero-order chi connectivity index (χ0) is 34.4. The summed E-state index contributed by atoms with van der Waals surface area (Å²) in [5.74, 6) is -2.50. The summed E-state index contributed by atoms with van der Waals surface area (Å²) in [6, 6.07) is 14.7. The number of nitrogens with zero attached hydrogens (tertiary/aromatic N) is 2. The number of aliphatic hydroxyl groups is 1. The molecule has 2 aromatic rings. The minimum absolute atomic E-state index is 0.0292. The quantitative estimate of drug-likeness (QED) is 0.356. The number of carbonyl (C=O) groups excluding carboxylic acids is 2. The standard InChI is InChI=1S/C37H48F3N3O5/c1-23-30(19-42-22-36(4)17-28(42)16-35(2,3)21-36)47-33(48-31(23)26-11-9-25(20-44)10-12-26)27-13-7-24(8-14-27)18-41-32(45)29-6-5-15-43(29)34(46)37(38,39)40/h7-14,23,28-31,33,44H,5-6,15-22H2,1-4H3,(H,41,45)/t23-,28?,29+,30+,31+,33+,36?/m1/s1. The third kappa shape index (κ3) is 7.44. The second kappa shape index (κ2) is 13.4. The van der Waals surface area contributed by atoms with E-state index in [-0.39, 0.29) is 44.2 Å². The molecule has 4 aliphatic rings. The first-order chi connectivity index (χ1) is 22.6. The Bertz CT molecular complexity index is 1470. The van der Waals surface area contributed by atoms with Gasteiger partial charge in [-0.25, -0.2) is 0 Å². The highest BCUT2D eigenvalue weighted by molar-refractivity contribution is 5.90. The van der Waals surface area contributed by atoms with E-state index in [0.717, 1.165) is 35.3 Å². The molecule has 11 heteroatoms. The fraction of sp³-hybridized carbons (Fsp3) is 0.622. The highest BCUT2D eigenvalue weighted by atomic mass is 19.4. The summed E-state index contributed by atoms with van der Waals surface area (Å²) in [7, 11) is 0. The zero-order valence-electron chi connectivity index (χ0n) is 28.3. The Morgan fingerprint density at radius 1 is 0.979 bits per heavy atom. The van der Waals surface area contributed by atoms with Gasteiger partial charge >= 0.3 is 12.1 Å². The molecule has 6 rings (SSSR count). The molecule has 2 unspecified atom stereocenters. The molecule has 4 fully saturated rings. The van der Waals surface area contributed by atoms with Gasteiger partial charge in [0.25, 0.3) is 0 Å². The number of amides is 2. The number of halogens is 3. The van der Waals surface area contributed by atoms with E-state index in [1.54, 1.807) is 0 Å². The van der Waals surface area contributed by atoms with Crippen molar-refractivity contribution in [2.75, 3.05) is 19.6 Å². The molecule has 2 amide bonds. The fourth-order valence-corrected chi connectivity index (χ4v) is 8.89. The molecule has 3 aliphatic heterocycles. The predicted octanol–water partition coefficient (Wildman–Crippen LogP) is 6.04. The summed E-state index contributed by atoms with van der Waals surface area (Å²) >= 11 is 0. The van der Waals surface area contributed by atoms with Crippen LogP contribution < -0.4 is 5.32 Å². The maximum absolute atomic E-state index is 13.0. The van der Waals surface area contributed by atoms with Crippen LogP contribution in [0.2, 0.25) is 0 Å². The summed E-state index contributed by atoms with van der Waals surface area (Å²) in [6.07, 6.45) is -1.83. The van der Waals surface area contributed by atoms with E-state index < -0.39 is 30.3 Å². The lowest BCUT2D eigenvalue weighted by Gasteiger charge is -2.43. The highest BCUT2D eigenvalue weighted by Crippen LogP contribution is 2.53. The number of carbonyl (C=O) groups is 2. The monoisotopic (exact) mass is 671 g/mol. The number of ether oxygens (including phenoxy) is 2. The lowest BCUT2D eigenvalue weighted by atomic mass is 9.65. The van der Waals surface area contributed by atoms with E-state index in [1.165, 1.54) is 19.3 Å². The maximum Gasteiger partial charge on any atom is 0.471 e. The van der Waals surface area contributed by atoms with Gasteiger partial charge in [0.15, 0.2) is 6.29 Å². The van der Waals surface area contributed by atoms with Crippen LogP contribution in [0.4, 0.5) is 13.2 Å². The number of fused-ring (bicyclic) bond motifs is 2. The number of hydrogen-bond acceptors (Lipinski definition) is 6. The molecule has 2 aromatic carbocycles. The van der Waals surface area contributed by atoms with Crippen LogP contribution in [-0.2, 0) is 32.2 Å². The minimum atomic E-state index is -5.01.